The maximum Gasteiger partial charge on any atom is 0.411 e. The first kappa shape index (κ1) is 13.2. The molecule has 0 unspecified atom stereocenters. The topological polar surface area (TPSA) is 55.6 Å². The Hall–Kier alpha value is -0.820. The van der Waals surface area contributed by atoms with E-state index < -0.39 is 12.8 Å². The first-order valence-corrected chi connectivity index (χ1v) is 5.06. The summed E-state index contributed by atoms with van der Waals surface area (Å²) in [6.45, 7) is -0.443. The number of carbonyl (C=O) groups is 1. The Morgan fingerprint density at radius 2 is 2.19 bits per heavy atom. The molecule has 1 rings (SSSR count). The number of nitrogens with zero attached hydrogens (tertiary/aromatic N) is 1. The number of alkyl halides is 3. The van der Waals surface area contributed by atoms with E-state index in [9.17, 15) is 18.0 Å². The molecule has 0 aromatic heterocycles. The normalized spacial score (nSPS) is 21.5. The molecule has 0 bridgehead atoms. The van der Waals surface area contributed by atoms with Crippen LogP contribution >= 0.6 is 0 Å². The van der Waals surface area contributed by atoms with Crippen LogP contribution in [0.4, 0.5) is 13.2 Å². The Balaban J connectivity index is 2.11. The zero-order valence-electron chi connectivity index (χ0n) is 8.79. The molecule has 0 aromatic rings. The van der Waals surface area contributed by atoms with E-state index in [2.05, 4.69) is 4.74 Å². The molecule has 7 heteroatoms. The van der Waals surface area contributed by atoms with Gasteiger partial charge in [0.15, 0.2) is 0 Å². The van der Waals surface area contributed by atoms with Crippen molar-refractivity contribution in [2.45, 2.75) is 25.1 Å². The molecule has 0 saturated carbocycles. The van der Waals surface area contributed by atoms with Gasteiger partial charge in [-0.15, -0.1) is 0 Å². The van der Waals surface area contributed by atoms with Crippen molar-refractivity contribution in [1.29, 1.82) is 0 Å². The number of hydrogen-bond acceptors (Lipinski definition) is 3. The van der Waals surface area contributed by atoms with Crippen LogP contribution in [0.1, 0.15) is 12.8 Å². The number of halogens is 3. The Labute approximate surface area is 91.5 Å². The largest absolute Gasteiger partial charge is 0.411 e. The lowest BCUT2D eigenvalue weighted by molar-refractivity contribution is -0.175. The predicted molar refractivity (Wildman–Crippen MR) is 50.7 cm³/mol. The molecule has 1 saturated heterocycles. The minimum absolute atomic E-state index is 0.0138. The van der Waals surface area contributed by atoms with Crippen molar-refractivity contribution in [2.24, 2.45) is 5.73 Å². The van der Waals surface area contributed by atoms with Crippen LogP contribution in [-0.2, 0) is 9.53 Å². The molecule has 1 amide bonds. The van der Waals surface area contributed by atoms with Gasteiger partial charge in [0.2, 0.25) is 5.91 Å². The van der Waals surface area contributed by atoms with Crippen LogP contribution in [0.15, 0.2) is 0 Å². The van der Waals surface area contributed by atoms with Crippen LogP contribution in [0.2, 0.25) is 0 Å². The molecule has 0 aliphatic carbocycles. The van der Waals surface area contributed by atoms with Crippen molar-refractivity contribution >= 4 is 5.91 Å². The number of likely N-dealkylation sites (tertiary alicyclic amines) is 1. The summed E-state index contributed by atoms with van der Waals surface area (Å²) in [7, 11) is 0. The van der Waals surface area contributed by atoms with Gasteiger partial charge in [-0.2, -0.15) is 13.2 Å². The second-order valence-electron chi connectivity index (χ2n) is 3.81. The van der Waals surface area contributed by atoms with E-state index in [0.29, 0.717) is 13.1 Å². The van der Waals surface area contributed by atoms with E-state index in [-0.39, 0.29) is 25.0 Å². The third kappa shape index (κ3) is 4.80. The standard InChI is InChI=1S/C9H15F3N2O2/c10-9(11,12)6-16-4-2-8(15)14-3-1-7(13)5-14/h7H,1-6,13H2/t7-/m0/s1. The lowest BCUT2D eigenvalue weighted by Crippen LogP contribution is -2.32. The van der Waals surface area contributed by atoms with Crippen LogP contribution in [0.3, 0.4) is 0 Å². The summed E-state index contributed by atoms with van der Waals surface area (Å²) in [5.41, 5.74) is 5.60. The lowest BCUT2D eigenvalue weighted by Gasteiger charge is -2.15. The molecule has 2 N–H and O–H groups in total. The maximum absolute atomic E-state index is 11.7. The second kappa shape index (κ2) is 5.49. The Morgan fingerprint density at radius 1 is 1.50 bits per heavy atom. The van der Waals surface area contributed by atoms with Gasteiger partial charge in [-0.3, -0.25) is 4.79 Å². The smallest absolute Gasteiger partial charge is 0.372 e. The Kier molecular flexibility index (Phi) is 4.55. The van der Waals surface area contributed by atoms with Gasteiger partial charge in [0.25, 0.3) is 0 Å². The third-order valence-electron chi connectivity index (χ3n) is 2.30. The number of nitrogens with two attached hydrogens (primary N) is 1. The van der Waals surface area contributed by atoms with Crippen LogP contribution in [-0.4, -0.2) is 49.3 Å². The van der Waals surface area contributed by atoms with Crippen LogP contribution < -0.4 is 5.73 Å². The number of rotatable bonds is 4. The monoisotopic (exact) mass is 240 g/mol. The van der Waals surface area contributed by atoms with Crippen molar-refractivity contribution in [3.63, 3.8) is 0 Å². The molecule has 1 fully saturated rings. The summed E-state index contributed by atoms with van der Waals surface area (Å²) < 4.78 is 39.4. The van der Waals surface area contributed by atoms with Gasteiger partial charge < -0.3 is 15.4 Å². The quantitative estimate of drug-likeness (QED) is 0.729. The van der Waals surface area contributed by atoms with E-state index in [1.54, 1.807) is 4.90 Å². The average molecular weight is 240 g/mol. The highest BCUT2D eigenvalue weighted by molar-refractivity contribution is 5.76. The number of ether oxygens (including phenoxy) is 1. The molecule has 94 valence electrons. The zero-order valence-corrected chi connectivity index (χ0v) is 8.79. The molecule has 0 aromatic carbocycles. The van der Waals surface area contributed by atoms with E-state index in [1.165, 1.54) is 0 Å². The molecule has 4 nitrogen and oxygen atoms in total. The predicted octanol–water partition coefficient (Wildman–Crippen LogP) is 0.515. The third-order valence-corrected chi connectivity index (χ3v) is 2.30. The molecular formula is C9H15F3N2O2. The Morgan fingerprint density at radius 3 is 2.69 bits per heavy atom. The van der Waals surface area contributed by atoms with Crippen molar-refractivity contribution < 1.29 is 22.7 Å². The van der Waals surface area contributed by atoms with Crippen LogP contribution in [0, 0.1) is 0 Å². The Bertz CT molecular complexity index is 245. The van der Waals surface area contributed by atoms with Gasteiger partial charge in [-0.05, 0) is 6.42 Å². The summed E-state index contributed by atoms with van der Waals surface area (Å²) in [4.78, 5) is 13.0. The second-order valence-corrected chi connectivity index (χ2v) is 3.81. The summed E-state index contributed by atoms with van der Waals surface area (Å²) in [5.74, 6) is -0.199. The zero-order chi connectivity index (χ0) is 12.2. The van der Waals surface area contributed by atoms with E-state index >= 15 is 0 Å². The first-order valence-electron chi connectivity index (χ1n) is 5.06. The summed E-state index contributed by atoms with van der Waals surface area (Å²) in [5, 5.41) is 0. The van der Waals surface area contributed by atoms with Gasteiger partial charge in [0.05, 0.1) is 13.0 Å². The summed E-state index contributed by atoms with van der Waals surface area (Å²) in [6.07, 6.45) is -3.61. The minimum atomic E-state index is -4.33. The van der Waals surface area contributed by atoms with Crippen LogP contribution in [0.5, 0.6) is 0 Å². The van der Waals surface area contributed by atoms with Crippen LogP contribution in [0.25, 0.3) is 0 Å². The van der Waals surface area contributed by atoms with Gasteiger partial charge in [-0.1, -0.05) is 0 Å². The molecular weight excluding hydrogens is 225 g/mol. The van der Waals surface area contributed by atoms with Gasteiger partial charge in [-0.25, -0.2) is 0 Å². The molecule has 1 atom stereocenters. The fourth-order valence-electron chi connectivity index (χ4n) is 1.52. The molecule has 1 heterocycles. The first-order chi connectivity index (χ1) is 7.38. The van der Waals surface area contributed by atoms with Crippen molar-refractivity contribution in [3.05, 3.63) is 0 Å². The van der Waals surface area contributed by atoms with Crippen molar-refractivity contribution in [1.82, 2.24) is 4.90 Å². The highest BCUT2D eigenvalue weighted by Gasteiger charge is 2.28. The fraction of sp³-hybridized carbons (Fsp3) is 0.889. The van der Waals surface area contributed by atoms with E-state index in [0.717, 1.165) is 6.42 Å². The molecule has 0 spiro atoms. The van der Waals surface area contributed by atoms with Gasteiger partial charge in [0.1, 0.15) is 6.61 Å². The maximum atomic E-state index is 11.7. The van der Waals surface area contributed by atoms with E-state index in [1.807, 2.05) is 0 Å². The number of amides is 1. The highest BCUT2D eigenvalue weighted by atomic mass is 19.4. The van der Waals surface area contributed by atoms with Gasteiger partial charge in [0, 0.05) is 19.1 Å². The fourth-order valence-corrected chi connectivity index (χ4v) is 1.52. The summed E-state index contributed by atoms with van der Waals surface area (Å²) in [6, 6.07) is -0.0138. The van der Waals surface area contributed by atoms with Gasteiger partial charge >= 0.3 is 6.18 Å². The average Bonchev–Trinajstić information content (AvgIpc) is 2.57. The molecule has 1 aliphatic heterocycles. The SMILES string of the molecule is N[C@H]1CCN(C(=O)CCOCC(F)(F)F)C1. The van der Waals surface area contributed by atoms with Crippen molar-refractivity contribution in [2.75, 3.05) is 26.3 Å². The molecule has 16 heavy (non-hydrogen) atoms. The number of hydrogen-bond donors (Lipinski definition) is 1. The lowest BCUT2D eigenvalue weighted by atomic mass is 10.3. The summed E-state index contributed by atoms with van der Waals surface area (Å²) >= 11 is 0. The number of carbonyl (C=O) groups excluding carboxylic acids is 1. The van der Waals surface area contributed by atoms with Crippen molar-refractivity contribution in [3.8, 4) is 0 Å². The highest BCUT2D eigenvalue weighted by Crippen LogP contribution is 2.14. The molecule has 1 aliphatic rings. The molecule has 0 radical (unpaired) electrons. The van der Waals surface area contributed by atoms with E-state index in [4.69, 9.17) is 5.73 Å². The minimum Gasteiger partial charge on any atom is -0.372 e.